The van der Waals surface area contributed by atoms with Gasteiger partial charge >= 0.3 is 0 Å². The van der Waals surface area contributed by atoms with Crippen molar-refractivity contribution in [2.75, 3.05) is 0 Å². The smallest absolute Gasteiger partial charge is 0.179 e. The molecule has 0 aromatic heterocycles. The van der Waals surface area contributed by atoms with Gasteiger partial charge in [-0.3, -0.25) is 4.79 Å². The monoisotopic (exact) mass is 354 g/mol. The molecule has 0 bridgehead atoms. The Labute approximate surface area is 98.6 Å². The van der Waals surface area contributed by atoms with Crippen molar-refractivity contribution in [1.82, 2.24) is 0 Å². The quantitative estimate of drug-likeness (QED) is 0.503. The molecule has 1 unspecified atom stereocenters. The fourth-order valence-electron chi connectivity index (χ4n) is 0.920. The van der Waals surface area contributed by atoms with Crippen molar-refractivity contribution >= 4 is 44.3 Å². The Morgan fingerprint density at radius 1 is 1.62 bits per heavy atom. The maximum absolute atomic E-state index is 11.5. The summed E-state index contributed by atoms with van der Waals surface area (Å²) < 4.78 is 0.937. The number of hydrogen-bond donors (Lipinski definition) is 1. The first-order chi connectivity index (χ1) is 6.02. The summed E-state index contributed by atoms with van der Waals surface area (Å²) in [5.74, 6) is -0.0623. The minimum Gasteiger partial charge on any atom is -0.507 e. The fraction of sp³-hybridized carbons (Fsp3) is 0.222. The van der Waals surface area contributed by atoms with E-state index in [1.807, 2.05) is 0 Å². The Bertz CT molecular complexity index is 336. The molecule has 4 heteroatoms. The highest BCUT2D eigenvalue weighted by Crippen LogP contribution is 2.22. The van der Waals surface area contributed by atoms with Crippen molar-refractivity contribution in [2.45, 2.75) is 11.8 Å². The summed E-state index contributed by atoms with van der Waals surface area (Å²) in [6, 6.07) is 4.96. The average Bonchev–Trinajstić information content (AvgIpc) is 2.08. The molecule has 1 aromatic carbocycles. The summed E-state index contributed by atoms with van der Waals surface area (Å²) in [6.07, 6.45) is 0. The number of rotatable bonds is 2. The average molecular weight is 355 g/mol. The molecule has 0 spiro atoms. The van der Waals surface area contributed by atoms with Crippen LogP contribution in [-0.4, -0.2) is 15.7 Å². The molecule has 1 atom stereocenters. The molecule has 0 saturated carbocycles. The third-order valence-electron chi connectivity index (χ3n) is 1.59. The zero-order valence-electron chi connectivity index (χ0n) is 6.92. The first kappa shape index (κ1) is 11.0. The van der Waals surface area contributed by atoms with E-state index in [4.69, 9.17) is 0 Å². The van der Waals surface area contributed by atoms with E-state index in [0.717, 1.165) is 3.57 Å². The molecular weight excluding hydrogens is 347 g/mol. The standard InChI is InChI=1S/C9H8BrIO2/c1-5(10)9(13)7-4-6(11)2-3-8(7)12/h2-5,12H,1H3. The van der Waals surface area contributed by atoms with E-state index in [1.54, 1.807) is 19.1 Å². The summed E-state index contributed by atoms with van der Waals surface area (Å²) in [5, 5.41) is 9.41. The SMILES string of the molecule is CC(Br)C(=O)c1cc(I)ccc1O. The van der Waals surface area contributed by atoms with E-state index in [0.29, 0.717) is 5.56 Å². The van der Waals surface area contributed by atoms with Gasteiger partial charge in [-0.05, 0) is 47.7 Å². The molecular formula is C9H8BrIO2. The number of hydrogen-bond acceptors (Lipinski definition) is 2. The van der Waals surface area contributed by atoms with Gasteiger partial charge in [0, 0.05) is 3.57 Å². The Morgan fingerprint density at radius 2 is 2.23 bits per heavy atom. The van der Waals surface area contributed by atoms with Crippen LogP contribution in [0, 0.1) is 3.57 Å². The van der Waals surface area contributed by atoms with E-state index in [1.165, 1.54) is 6.07 Å². The molecule has 0 heterocycles. The first-order valence-electron chi connectivity index (χ1n) is 3.69. The maximum Gasteiger partial charge on any atom is 0.179 e. The molecule has 70 valence electrons. The molecule has 0 aliphatic rings. The van der Waals surface area contributed by atoms with Gasteiger partial charge in [0.2, 0.25) is 0 Å². The van der Waals surface area contributed by atoms with Crippen molar-refractivity contribution in [3.63, 3.8) is 0 Å². The highest BCUT2D eigenvalue weighted by molar-refractivity contribution is 14.1. The number of benzene rings is 1. The van der Waals surface area contributed by atoms with Crippen LogP contribution in [-0.2, 0) is 0 Å². The number of carbonyl (C=O) groups is 1. The van der Waals surface area contributed by atoms with Gasteiger partial charge in [-0.2, -0.15) is 0 Å². The summed E-state index contributed by atoms with van der Waals surface area (Å²) >= 11 is 5.27. The van der Waals surface area contributed by atoms with Crippen LogP contribution in [0.2, 0.25) is 0 Å². The maximum atomic E-state index is 11.5. The second kappa shape index (κ2) is 4.41. The van der Waals surface area contributed by atoms with Crippen LogP contribution in [0.3, 0.4) is 0 Å². The summed E-state index contributed by atoms with van der Waals surface area (Å²) in [6.45, 7) is 1.74. The van der Waals surface area contributed by atoms with Gasteiger partial charge in [0.25, 0.3) is 0 Å². The lowest BCUT2D eigenvalue weighted by molar-refractivity contribution is 0.0993. The molecule has 0 saturated heterocycles. The van der Waals surface area contributed by atoms with Crippen molar-refractivity contribution < 1.29 is 9.90 Å². The summed E-state index contributed by atoms with van der Waals surface area (Å²) in [4.78, 5) is 11.2. The lowest BCUT2D eigenvalue weighted by Crippen LogP contribution is -2.10. The van der Waals surface area contributed by atoms with Gasteiger partial charge in [-0.25, -0.2) is 0 Å². The molecule has 0 amide bonds. The Balaban J connectivity index is 3.13. The van der Waals surface area contributed by atoms with Crippen molar-refractivity contribution in [3.05, 3.63) is 27.3 Å². The summed E-state index contributed by atoms with van der Waals surface area (Å²) in [5.41, 5.74) is 0.372. The van der Waals surface area contributed by atoms with Gasteiger partial charge in [0.15, 0.2) is 5.78 Å². The van der Waals surface area contributed by atoms with E-state index in [9.17, 15) is 9.90 Å². The minimum atomic E-state index is -0.267. The molecule has 0 aliphatic heterocycles. The van der Waals surface area contributed by atoms with Gasteiger partial charge in [-0.15, -0.1) is 0 Å². The molecule has 13 heavy (non-hydrogen) atoms. The number of carbonyl (C=O) groups excluding carboxylic acids is 1. The van der Waals surface area contributed by atoms with Crippen LogP contribution in [0.25, 0.3) is 0 Å². The van der Waals surface area contributed by atoms with Gasteiger partial charge in [0.05, 0.1) is 10.4 Å². The zero-order valence-corrected chi connectivity index (χ0v) is 10.7. The molecule has 0 radical (unpaired) electrons. The van der Waals surface area contributed by atoms with Crippen molar-refractivity contribution in [3.8, 4) is 5.75 Å². The van der Waals surface area contributed by atoms with Gasteiger partial charge in [0.1, 0.15) is 5.75 Å². The topological polar surface area (TPSA) is 37.3 Å². The first-order valence-corrected chi connectivity index (χ1v) is 5.68. The fourth-order valence-corrected chi connectivity index (χ4v) is 1.66. The van der Waals surface area contributed by atoms with E-state index in [2.05, 4.69) is 38.5 Å². The number of phenols is 1. The molecule has 0 fully saturated rings. The normalized spacial score (nSPS) is 12.5. The lowest BCUT2D eigenvalue weighted by atomic mass is 10.1. The van der Waals surface area contributed by atoms with Crippen LogP contribution in [0.4, 0.5) is 0 Å². The Kier molecular flexibility index (Phi) is 3.73. The van der Waals surface area contributed by atoms with Crippen LogP contribution in [0.15, 0.2) is 18.2 Å². The number of alkyl halides is 1. The van der Waals surface area contributed by atoms with Gasteiger partial charge < -0.3 is 5.11 Å². The largest absolute Gasteiger partial charge is 0.507 e. The number of aromatic hydroxyl groups is 1. The van der Waals surface area contributed by atoms with Gasteiger partial charge in [-0.1, -0.05) is 15.9 Å². The number of phenolic OH excluding ortho intramolecular Hbond substituents is 1. The molecule has 2 nitrogen and oxygen atoms in total. The lowest BCUT2D eigenvalue weighted by Gasteiger charge is -2.05. The molecule has 0 aliphatic carbocycles. The van der Waals surface area contributed by atoms with Crippen molar-refractivity contribution in [2.24, 2.45) is 0 Å². The van der Waals surface area contributed by atoms with Crippen LogP contribution in [0.1, 0.15) is 17.3 Å². The van der Waals surface area contributed by atoms with Crippen LogP contribution < -0.4 is 0 Å². The predicted octanol–water partition coefficient (Wildman–Crippen LogP) is 2.96. The number of ketones is 1. The van der Waals surface area contributed by atoms with E-state index in [-0.39, 0.29) is 16.4 Å². The molecule has 1 N–H and O–H groups in total. The van der Waals surface area contributed by atoms with Crippen LogP contribution in [0.5, 0.6) is 5.75 Å². The van der Waals surface area contributed by atoms with Crippen LogP contribution >= 0.6 is 38.5 Å². The third-order valence-corrected chi connectivity index (χ3v) is 2.67. The second-order valence-corrected chi connectivity index (χ2v) is 5.26. The Hall–Kier alpha value is -0.100. The minimum absolute atomic E-state index is 0.0386. The van der Waals surface area contributed by atoms with Crippen molar-refractivity contribution in [1.29, 1.82) is 0 Å². The third kappa shape index (κ3) is 2.67. The highest BCUT2D eigenvalue weighted by atomic mass is 127. The Morgan fingerprint density at radius 3 is 2.77 bits per heavy atom. The van der Waals surface area contributed by atoms with E-state index >= 15 is 0 Å². The summed E-state index contributed by atoms with van der Waals surface area (Å²) in [7, 11) is 0. The predicted molar refractivity (Wildman–Crippen MR) is 63.5 cm³/mol. The highest BCUT2D eigenvalue weighted by Gasteiger charge is 2.15. The second-order valence-electron chi connectivity index (χ2n) is 2.64. The van der Waals surface area contributed by atoms with E-state index < -0.39 is 0 Å². The molecule has 1 rings (SSSR count). The zero-order chi connectivity index (χ0) is 10.0. The molecule has 1 aromatic rings. The number of halogens is 2. The number of Topliss-reactive ketones (excluding diaryl/α,β-unsaturated/α-hetero) is 1.